The van der Waals surface area contributed by atoms with Gasteiger partial charge in [-0.25, -0.2) is 4.98 Å². The van der Waals surface area contributed by atoms with Crippen LogP contribution in [0.15, 0.2) is 16.7 Å². The summed E-state index contributed by atoms with van der Waals surface area (Å²) in [6, 6.07) is 1.94. The van der Waals surface area contributed by atoms with Gasteiger partial charge in [0.2, 0.25) is 0 Å². The van der Waals surface area contributed by atoms with E-state index < -0.39 is 5.97 Å². The molecule has 0 aromatic carbocycles. The monoisotopic (exact) mass is 298 g/mol. The van der Waals surface area contributed by atoms with E-state index >= 15 is 0 Å². The average Bonchev–Trinajstić information content (AvgIpc) is 2.33. The van der Waals surface area contributed by atoms with Crippen LogP contribution in [0.25, 0.3) is 0 Å². The number of carboxylic acid groups (broad SMARTS) is 1. The van der Waals surface area contributed by atoms with Crippen LogP contribution in [0.5, 0.6) is 0 Å². The van der Waals surface area contributed by atoms with E-state index in [0.29, 0.717) is 6.54 Å². The van der Waals surface area contributed by atoms with Gasteiger partial charge < -0.3 is 10.0 Å². The maximum atomic E-state index is 11.0. The van der Waals surface area contributed by atoms with Crippen LogP contribution in [0.1, 0.15) is 18.4 Å². The predicted octanol–water partition coefficient (Wildman–Crippen LogP) is 2.45. The molecule has 0 amide bonds. The first-order valence-corrected chi connectivity index (χ1v) is 6.47. The second-order valence-corrected chi connectivity index (χ2v) is 5.18. The van der Waals surface area contributed by atoms with Crippen molar-refractivity contribution in [3.63, 3.8) is 0 Å². The van der Waals surface area contributed by atoms with Crippen molar-refractivity contribution in [2.75, 3.05) is 18.0 Å². The third-order valence-corrected chi connectivity index (χ3v) is 4.11. The standard InChI is InChI=1S/C12H15BrN2O2/c1-8-4-5-14-11(10(8)13)15-6-2-3-9(7-15)12(16)17/h4-5,9H,2-3,6-7H2,1H3,(H,16,17). The summed E-state index contributed by atoms with van der Waals surface area (Å²) in [6.45, 7) is 3.43. The van der Waals surface area contributed by atoms with Crippen LogP contribution in [-0.4, -0.2) is 29.1 Å². The molecule has 1 fully saturated rings. The molecule has 2 heterocycles. The molecular formula is C12H15BrN2O2. The van der Waals surface area contributed by atoms with E-state index in [2.05, 4.69) is 25.8 Å². The lowest BCUT2D eigenvalue weighted by atomic mass is 9.98. The first-order chi connectivity index (χ1) is 8.09. The molecule has 17 heavy (non-hydrogen) atoms. The highest BCUT2D eigenvalue weighted by Gasteiger charge is 2.27. The summed E-state index contributed by atoms with van der Waals surface area (Å²) >= 11 is 3.52. The summed E-state index contributed by atoms with van der Waals surface area (Å²) in [5.41, 5.74) is 1.12. The first-order valence-electron chi connectivity index (χ1n) is 5.68. The van der Waals surface area contributed by atoms with Crippen LogP contribution in [0.2, 0.25) is 0 Å². The van der Waals surface area contributed by atoms with E-state index in [1.165, 1.54) is 0 Å². The minimum atomic E-state index is -0.710. The fourth-order valence-electron chi connectivity index (χ4n) is 2.12. The highest BCUT2D eigenvalue weighted by Crippen LogP contribution is 2.30. The van der Waals surface area contributed by atoms with Crippen molar-refractivity contribution in [3.8, 4) is 0 Å². The van der Waals surface area contributed by atoms with Gasteiger partial charge in [0.1, 0.15) is 5.82 Å². The van der Waals surface area contributed by atoms with Gasteiger partial charge in [-0.15, -0.1) is 0 Å². The number of aromatic nitrogens is 1. The second-order valence-electron chi connectivity index (χ2n) is 4.39. The molecule has 1 saturated heterocycles. The zero-order valence-electron chi connectivity index (χ0n) is 9.69. The highest BCUT2D eigenvalue weighted by atomic mass is 79.9. The topological polar surface area (TPSA) is 53.4 Å². The van der Waals surface area contributed by atoms with E-state index in [9.17, 15) is 4.79 Å². The quantitative estimate of drug-likeness (QED) is 0.911. The normalized spacial score (nSPS) is 20.4. The molecule has 1 aromatic rings. The Hall–Kier alpha value is -1.10. The molecule has 0 aliphatic carbocycles. The molecule has 2 rings (SSSR count). The van der Waals surface area contributed by atoms with Gasteiger partial charge in [-0.2, -0.15) is 0 Å². The van der Waals surface area contributed by atoms with E-state index in [4.69, 9.17) is 5.11 Å². The Balaban J connectivity index is 2.22. The Morgan fingerprint density at radius 3 is 3.12 bits per heavy atom. The average molecular weight is 299 g/mol. The molecule has 1 aromatic heterocycles. The number of piperidine rings is 1. The van der Waals surface area contributed by atoms with Crippen LogP contribution in [0, 0.1) is 12.8 Å². The first kappa shape index (κ1) is 12.4. The minimum Gasteiger partial charge on any atom is -0.481 e. The molecule has 1 aliphatic heterocycles. The molecule has 5 heteroatoms. The Kier molecular flexibility index (Phi) is 3.66. The third kappa shape index (κ3) is 2.60. The second kappa shape index (κ2) is 5.04. The minimum absolute atomic E-state index is 0.280. The van der Waals surface area contributed by atoms with Crippen molar-refractivity contribution in [1.82, 2.24) is 4.98 Å². The zero-order valence-corrected chi connectivity index (χ0v) is 11.3. The van der Waals surface area contributed by atoms with Crippen LogP contribution >= 0.6 is 15.9 Å². The number of pyridine rings is 1. The molecule has 1 N–H and O–H groups in total. The molecule has 0 radical (unpaired) electrons. The highest BCUT2D eigenvalue weighted by molar-refractivity contribution is 9.10. The Morgan fingerprint density at radius 1 is 1.65 bits per heavy atom. The molecule has 92 valence electrons. The van der Waals surface area contributed by atoms with E-state index in [1.807, 2.05) is 13.0 Å². The maximum Gasteiger partial charge on any atom is 0.308 e. The van der Waals surface area contributed by atoms with E-state index in [-0.39, 0.29) is 5.92 Å². The van der Waals surface area contributed by atoms with Crippen molar-refractivity contribution >= 4 is 27.7 Å². The van der Waals surface area contributed by atoms with Gasteiger partial charge in [-0.3, -0.25) is 4.79 Å². The van der Waals surface area contributed by atoms with Crippen LogP contribution in [0.4, 0.5) is 5.82 Å². The summed E-state index contributed by atoms with van der Waals surface area (Å²) in [5.74, 6) is -0.132. The molecular weight excluding hydrogens is 284 g/mol. The number of aliphatic carboxylic acids is 1. The van der Waals surface area contributed by atoms with E-state index in [1.54, 1.807) is 6.20 Å². The number of rotatable bonds is 2. The van der Waals surface area contributed by atoms with Gasteiger partial charge in [0.15, 0.2) is 0 Å². The Labute approximate surface area is 109 Å². The number of nitrogens with zero attached hydrogens (tertiary/aromatic N) is 2. The fourth-order valence-corrected chi connectivity index (χ4v) is 2.60. The Bertz CT molecular complexity index is 437. The van der Waals surface area contributed by atoms with Gasteiger partial charge in [0, 0.05) is 19.3 Å². The lowest BCUT2D eigenvalue weighted by Gasteiger charge is -2.32. The smallest absolute Gasteiger partial charge is 0.308 e. The SMILES string of the molecule is Cc1ccnc(N2CCCC(C(=O)O)C2)c1Br. The molecule has 1 unspecified atom stereocenters. The van der Waals surface area contributed by atoms with Crippen LogP contribution in [0.3, 0.4) is 0 Å². The number of halogens is 1. The number of carboxylic acids is 1. The van der Waals surface area contributed by atoms with Crippen molar-refractivity contribution < 1.29 is 9.90 Å². The van der Waals surface area contributed by atoms with Gasteiger partial charge in [-0.05, 0) is 47.3 Å². The van der Waals surface area contributed by atoms with Crippen LogP contribution < -0.4 is 4.90 Å². The number of anilines is 1. The molecule has 4 nitrogen and oxygen atoms in total. The summed E-state index contributed by atoms with van der Waals surface area (Å²) in [6.07, 6.45) is 3.42. The maximum absolute atomic E-state index is 11.0. The summed E-state index contributed by atoms with van der Waals surface area (Å²) in [7, 11) is 0. The van der Waals surface area contributed by atoms with Gasteiger partial charge in [0.05, 0.1) is 10.4 Å². The Morgan fingerprint density at radius 2 is 2.41 bits per heavy atom. The van der Waals surface area contributed by atoms with Crippen molar-refractivity contribution in [1.29, 1.82) is 0 Å². The summed E-state index contributed by atoms with van der Waals surface area (Å²) < 4.78 is 0.964. The molecule has 1 aliphatic rings. The predicted molar refractivity (Wildman–Crippen MR) is 69.2 cm³/mol. The van der Waals surface area contributed by atoms with Gasteiger partial charge >= 0.3 is 5.97 Å². The molecule has 1 atom stereocenters. The van der Waals surface area contributed by atoms with Crippen molar-refractivity contribution in [2.45, 2.75) is 19.8 Å². The van der Waals surface area contributed by atoms with Gasteiger partial charge in [-0.1, -0.05) is 0 Å². The fraction of sp³-hybridized carbons (Fsp3) is 0.500. The lowest BCUT2D eigenvalue weighted by Crippen LogP contribution is -2.39. The number of hydrogen-bond donors (Lipinski definition) is 1. The lowest BCUT2D eigenvalue weighted by molar-refractivity contribution is -0.141. The summed E-state index contributed by atoms with van der Waals surface area (Å²) in [5, 5.41) is 9.07. The third-order valence-electron chi connectivity index (χ3n) is 3.13. The number of carbonyl (C=O) groups is 1. The van der Waals surface area contributed by atoms with E-state index in [0.717, 1.165) is 35.2 Å². The molecule has 0 saturated carbocycles. The summed E-state index contributed by atoms with van der Waals surface area (Å²) in [4.78, 5) is 17.4. The molecule has 0 spiro atoms. The number of hydrogen-bond acceptors (Lipinski definition) is 3. The van der Waals surface area contributed by atoms with Gasteiger partial charge in [0.25, 0.3) is 0 Å². The number of aryl methyl sites for hydroxylation is 1. The van der Waals surface area contributed by atoms with Crippen molar-refractivity contribution in [2.24, 2.45) is 5.92 Å². The zero-order chi connectivity index (χ0) is 12.4. The van der Waals surface area contributed by atoms with Crippen molar-refractivity contribution in [3.05, 3.63) is 22.3 Å². The molecule has 0 bridgehead atoms. The largest absolute Gasteiger partial charge is 0.481 e. The van der Waals surface area contributed by atoms with Crippen LogP contribution in [-0.2, 0) is 4.79 Å².